The Kier molecular flexibility index (Phi) is 3.69. The smallest absolute Gasteiger partial charge is 0.275 e. The summed E-state index contributed by atoms with van der Waals surface area (Å²) in [6.45, 7) is 1.44. The van der Waals surface area contributed by atoms with Crippen molar-refractivity contribution in [2.75, 3.05) is 10.6 Å². The highest BCUT2D eigenvalue weighted by Crippen LogP contribution is 2.14. The number of nitrogens with zero attached hydrogens (tertiary/aromatic N) is 1. The lowest BCUT2D eigenvalue weighted by atomic mass is 10.2. The molecule has 92 valence electrons. The van der Waals surface area contributed by atoms with Gasteiger partial charge in [0.15, 0.2) is 0 Å². The van der Waals surface area contributed by atoms with E-state index in [1.807, 2.05) is 0 Å². The minimum absolute atomic E-state index is 0.130. The van der Waals surface area contributed by atoms with Crippen LogP contribution in [-0.4, -0.2) is 16.8 Å². The molecule has 6 heteroatoms. The first-order valence-electron chi connectivity index (χ1n) is 5.22. The standard InChI is InChI=1S/C12H11N3O2S/c1-8(16)14-9-2-4-10(5-3-9)15-12(17)11-6-18-7-13-11/h2-7H,1H3,(H,14,16)(H,15,17). The molecule has 2 amide bonds. The number of carbonyl (C=O) groups is 2. The summed E-state index contributed by atoms with van der Waals surface area (Å²) >= 11 is 1.37. The molecule has 1 heterocycles. The molecule has 0 spiro atoms. The lowest BCUT2D eigenvalue weighted by molar-refractivity contribution is -0.114. The van der Waals surface area contributed by atoms with E-state index in [1.165, 1.54) is 18.3 Å². The van der Waals surface area contributed by atoms with Crippen LogP contribution in [0.2, 0.25) is 0 Å². The molecule has 1 aromatic carbocycles. The number of hydrogen-bond donors (Lipinski definition) is 2. The van der Waals surface area contributed by atoms with Gasteiger partial charge in [0.1, 0.15) is 5.69 Å². The van der Waals surface area contributed by atoms with E-state index in [2.05, 4.69) is 15.6 Å². The van der Waals surface area contributed by atoms with Gasteiger partial charge in [0.05, 0.1) is 5.51 Å². The molecular formula is C12H11N3O2S. The van der Waals surface area contributed by atoms with Crippen LogP contribution >= 0.6 is 11.3 Å². The first-order chi connectivity index (χ1) is 8.65. The summed E-state index contributed by atoms with van der Waals surface area (Å²) < 4.78 is 0. The first kappa shape index (κ1) is 12.3. The summed E-state index contributed by atoms with van der Waals surface area (Å²) in [5, 5.41) is 7.05. The number of aromatic nitrogens is 1. The second-order valence-electron chi connectivity index (χ2n) is 3.59. The normalized spacial score (nSPS) is 9.83. The summed E-state index contributed by atoms with van der Waals surface area (Å²) in [4.78, 5) is 26.5. The highest BCUT2D eigenvalue weighted by Gasteiger charge is 2.07. The van der Waals surface area contributed by atoms with Crippen molar-refractivity contribution in [3.8, 4) is 0 Å². The third kappa shape index (κ3) is 3.14. The van der Waals surface area contributed by atoms with E-state index in [0.717, 1.165) is 0 Å². The average Bonchev–Trinajstić information content (AvgIpc) is 2.84. The van der Waals surface area contributed by atoms with Gasteiger partial charge in [-0.05, 0) is 24.3 Å². The Bertz CT molecular complexity index is 549. The van der Waals surface area contributed by atoms with E-state index in [-0.39, 0.29) is 11.8 Å². The third-order valence-corrected chi connectivity index (χ3v) is 2.71. The topological polar surface area (TPSA) is 71.1 Å². The molecule has 0 saturated heterocycles. The van der Waals surface area contributed by atoms with Crippen molar-refractivity contribution in [3.05, 3.63) is 40.8 Å². The molecule has 18 heavy (non-hydrogen) atoms. The van der Waals surface area contributed by atoms with Crippen LogP contribution in [0.15, 0.2) is 35.2 Å². The van der Waals surface area contributed by atoms with Crippen molar-refractivity contribution in [1.29, 1.82) is 0 Å². The molecule has 0 saturated carbocycles. The van der Waals surface area contributed by atoms with Gasteiger partial charge >= 0.3 is 0 Å². The molecule has 0 atom stereocenters. The molecule has 5 nitrogen and oxygen atoms in total. The summed E-state index contributed by atoms with van der Waals surface area (Å²) in [5.74, 6) is -0.377. The van der Waals surface area contributed by atoms with Gasteiger partial charge in [-0.3, -0.25) is 9.59 Å². The monoisotopic (exact) mass is 261 g/mol. The SMILES string of the molecule is CC(=O)Nc1ccc(NC(=O)c2cscn2)cc1. The van der Waals surface area contributed by atoms with Crippen molar-refractivity contribution in [2.45, 2.75) is 6.92 Å². The Morgan fingerprint density at radius 1 is 1.11 bits per heavy atom. The fraction of sp³-hybridized carbons (Fsp3) is 0.0833. The molecular weight excluding hydrogens is 250 g/mol. The van der Waals surface area contributed by atoms with Gasteiger partial charge in [0.2, 0.25) is 5.91 Å². The highest BCUT2D eigenvalue weighted by molar-refractivity contribution is 7.07. The zero-order chi connectivity index (χ0) is 13.0. The largest absolute Gasteiger partial charge is 0.326 e. The van der Waals surface area contributed by atoms with Crippen LogP contribution in [0.25, 0.3) is 0 Å². The van der Waals surface area contributed by atoms with Crippen molar-refractivity contribution in [2.24, 2.45) is 0 Å². The molecule has 2 N–H and O–H groups in total. The highest BCUT2D eigenvalue weighted by atomic mass is 32.1. The third-order valence-electron chi connectivity index (χ3n) is 2.13. The van der Waals surface area contributed by atoms with Crippen LogP contribution < -0.4 is 10.6 Å². The minimum Gasteiger partial charge on any atom is -0.326 e. The fourth-order valence-corrected chi connectivity index (χ4v) is 1.89. The molecule has 0 radical (unpaired) electrons. The van der Waals surface area contributed by atoms with Gasteiger partial charge in [0, 0.05) is 23.7 Å². The van der Waals surface area contributed by atoms with E-state index < -0.39 is 0 Å². The van der Waals surface area contributed by atoms with Crippen LogP contribution in [-0.2, 0) is 4.79 Å². The fourth-order valence-electron chi connectivity index (χ4n) is 1.36. The summed E-state index contributed by atoms with van der Waals surface area (Å²) in [6.07, 6.45) is 0. The van der Waals surface area contributed by atoms with E-state index in [4.69, 9.17) is 0 Å². The Morgan fingerprint density at radius 2 is 1.72 bits per heavy atom. The van der Waals surface area contributed by atoms with Gasteiger partial charge in [0.25, 0.3) is 5.91 Å². The quantitative estimate of drug-likeness (QED) is 0.891. The van der Waals surface area contributed by atoms with Crippen molar-refractivity contribution < 1.29 is 9.59 Å². The molecule has 2 rings (SSSR count). The second-order valence-corrected chi connectivity index (χ2v) is 4.31. The Morgan fingerprint density at radius 3 is 2.22 bits per heavy atom. The molecule has 0 aliphatic heterocycles. The predicted molar refractivity (Wildman–Crippen MR) is 70.8 cm³/mol. The average molecular weight is 261 g/mol. The first-order valence-corrected chi connectivity index (χ1v) is 6.16. The van der Waals surface area contributed by atoms with E-state index in [0.29, 0.717) is 17.1 Å². The summed E-state index contributed by atoms with van der Waals surface area (Å²) in [6, 6.07) is 6.88. The van der Waals surface area contributed by atoms with Gasteiger partial charge < -0.3 is 10.6 Å². The number of amides is 2. The van der Waals surface area contributed by atoms with Gasteiger partial charge in [-0.15, -0.1) is 11.3 Å². The number of carbonyl (C=O) groups excluding carboxylic acids is 2. The molecule has 2 aromatic rings. The number of nitrogens with one attached hydrogen (secondary N) is 2. The van der Waals surface area contributed by atoms with E-state index in [9.17, 15) is 9.59 Å². The van der Waals surface area contributed by atoms with Crippen LogP contribution in [0.3, 0.4) is 0 Å². The number of anilines is 2. The minimum atomic E-state index is -0.247. The molecule has 0 aliphatic carbocycles. The van der Waals surface area contributed by atoms with Gasteiger partial charge in [-0.2, -0.15) is 0 Å². The van der Waals surface area contributed by atoms with Crippen LogP contribution in [0.5, 0.6) is 0 Å². The van der Waals surface area contributed by atoms with Crippen molar-refractivity contribution >= 4 is 34.5 Å². The maximum atomic E-state index is 11.7. The molecule has 0 fully saturated rings. The molecule has 0 bridgehead atoms. The maximum absolute atomic E-state index is 11.7. The summed E-state index contributed by atoms with van der Waals surface area (Å²) in [7, 11) is 0. The Balaban J connectivity index is 2.02. The number of hydrogen-bond acceptors (Lipinski definition) is 4. The zero-order valence-corrected chi connectivity index (χ0v) is 10.5. The number of rotatable bonds is 3. The molecule has 1 aromatic heterocycles. The van der Waals surface area contributed by atoms with E-state index in [1.54, 1.807) is 35.2 Å². The van der Waals surface area contributed by atoms with Crippen LogP contribution in [0.1, 0.15) is 17.4 Å². The van der Waals surface area contributed by atoms with Crippen molar-refractivity contribution in [1.82, 2.24) is 4.98 Å². The lowest BCUT2D eigenvalue weighted by Crippen LogP contribution is -2.12. The molecule has 0 aliphatic rings. The lowest BCUT2D eigenvalue weighted by Gasteiger charge is -2.05. The van der Waals surface area contributed by atoms with Crippen LogP contribution in [0.4, 0.5) is 11.4 Å². The van der Waals surface area contributed by atoms with Crippen LogP contribution in [0, 0.1) is 0 Å². The van der Waals surface area contributed by atoms with Gasteiger partial charge in [-0.1, -0.05) is 0 Å². The summed E-state index contributed by atoms with van der Waals surface area (Å²) in [5.41, 5.74) is 3.34. The zero-order valence-electron chi connectivity index (χ0n) is 9.64. The second kappa shape index (κ2) is 5.42. The predicted octanol–water partition coefficient (Wildman–Crippen LogP) is 2.35. The van der Waals surface area contributed by atoms with Crippen molar-refractivity contribution in [3.63, 3.8) is 0 Å². The number of benzene rings is 1. The van der Waals surface area contributed by atoms with Gasteiger partial charge in [-0.25, -0.2) is 4.98 Å². The maximum Gasteiger partial charge on any atom is 0.275 e. The number of thiazole rings is 1. The Labute approximate surface area is 108 Å². The Hall–Kier alpha value is -2.21. The molecule has 0 unspecified atom stereocenters. The van der Waals surface area contributed by atoms with E-state index >= 15 is 0 Å².